The SMILES string of the molecule is CC(C)C(NC(=O)CCCCCN1C(=O)C=CC1=O)C(=O)NC(CCCNC(N)=O)C(=O)Nc1ccc(COC(=O)N2CCOC3CN(c4c(F)cc5c(=O)c(C(=O)O)cn(C6CC6)c5c4C#N)CC32)cc1. The molecule has 4 aliphatic rings. The van der Waals surface area contributed by atoms with Crippen molar-refractivity contribution < 1.29 is 57.3 Å². The van der Waals surface area contributed by atoms with Gasteiger partial charge in [-0.3, -0.25) is 38.6 Å². The zero-order chi connectivity index (χ0) is 51.8. The molecule has 1 aromatic heterocycles. The third-order valence-electron chi connectivity index (χ3n) is 13.0. The minimum absolute atomic E-state index is 0.0662. The highest BCUT2D eigenvalue weighted by atomic mass is 19.1. The Morgan fingerprint density at radius 2 is 1.69 bits per heavy atom. The number of hydrogen-bond donors (Lipinski definition) is 6. The number of imide groups is 1. The number of nitriles is 1. The third kappa shape index (κ3) is 12.2. The summed E-state index contributed by atoms with van der Waals surface area (Å²) in [5.74, 6) is -5.01. The molecule has 7 N–H and O–H groups in total. The van der Waals surface area contributed by atoms with Gasteiger partial charge in [-0.25, -0.2) is 18.8 Å². The topological polar surface area (TPSA) is 305 Å². The Labute approximate surface area is 412 Å². The molecule has 0 radical (unpaired) electrons. The summed E-state index contributed by atoms with van der Waals surface area (Å²) in [6, 6.07) is 5.87. The molecule has 72 heavy (non-hydrogen) atoms. The van der Waals surface area contributed by atoms with Gasteiger partial charge >= 0.3 is 18.1 Å². The number of fused-ring (bicyclic) bond motifs is 2. The van der Waals surface area contributed by atoms with E-state index in [0.717, 1.165) is 11.0 Å². The molecule has 4 atom stereocenters. The summed E-state index contributed by atoms with van der Waals surface area (Å²) in [5, 5.41) is 30.6. The van der Waals surface area contributed by atoms with Gasteiger partial charge in [-0.15, -0.1) is 0 Å². The van der Waals surface area contributed by atoms with Crippen molar-refractivity contribution in [3.05, 3.63) is 81.4 Å². The lowest BCUT2D eigenvalue weighted by atomic mass is 10.0. The fourth-order valence-corrected chi connectivity index (χ4v) is 9.14. The van der Waals surface area contributed by atoms with E-state index in [9.17, 15) is 53.5 Å². The fraction of sp³-hybridized carbons (Fsp3) is 0.469. The number of benzene rings is 2. The number of primary amides is 1. The highest BCUT2D eigenvalue weighted by molar-refractivity contribution is 6.12. The number of ether oxygens (including phenoxy) is 2. The number of nitrogens with two attached hydrogens (primary N) is 1. The van der Waals surface area contributed by atoms with Crippen LogP contribution in [0.1, 0.15) is 92.7 Å². The van der Waals surface area contributed by atoms with Crippen LogP contribution in [0.4, 0.5) is 25.4 Å². The zero-order valence-corrected chi connectivity index (χ0v) is 39.8. The van der Waals surface area contributed by atoms with E-state index in [1.165, 1.54) is 23.2 Å². The quantitative estimate of drug-likeness (QED) is 0.0661. The van der Waals surface area contributed by atoms with Crippen molar-refractivity contribution in [2.45, 2.75) is 102 Å². The number of anilines is 2. The number of rotatable bonds is 21. The molecule has 0 bridgehead atoms. The standard InChI is InChI=1S/C49H57FN10O12/c1-27(2)41(56-38(61)8-4-3-5-18-59-39(62)15-16-40(59)63)46(66)55-35(7-6-17-53-48(52)69)45(65)54-29-11-9-28(10-12-29)26-72-49(70)58-19-20-71-37-25-57(24-36(37)58)43-32(22-51)42-31(21-34(43)50)44(64)33(47(67)68)23-60(42)30-13-14-30/h9-12,15-16,21,23,27,30,35-37,41H,3-8,13-14,17-20,24-26H2,1-2H3,(H,54,65)(H,55,66)(H,56,61)(H,67,68)(H3,52,53,69). The minimum Gasteiger partial charge on any atom is -0.477 e. The van der Waals surface area contributed by atoms with Gasteiger partial charge in [0.05, 0.1) is 35.3 Å². The second-order valence-electron chi connectivity index (χ2n) is 18.5. The van der Waals surface area contributed by atoms with E-state index in [4.69, 9.17) is 15.2 Å². The first-order valence-electron chi connectivity index (χ1n) is 23.9. The molecule has 23 heteroatoms. The molecule has 0 spiro atoms. The average molecular weight is 997 g/mol. The maximum atomic E-state index is 16.1. The van der Waals surface area contributed by atoms with Crippen LogP contribution in [0.15, 0.2) is 53.5 Å². The molecule has 2 saturated heterocycles. The number of aromatic nitrogens is 1. The molecule has 7 rings (SSSR count). The van der Waals surface area contributed by atoms with E-state index in [1.807, 2.05) is 0 Å². The van der Waals surface area contributed by atoms with Crippen molar-refractivity contribution in [3.8, 4) is 6.07 Å². The third-order valence-corrected chi connectivity index (χ3v) is 13.0. The summed E-state index contributed by atoms with van der Waals surface area (Å²) in [5.41, 5.74) is 4.66. The molecule has 8 amide bonds. The van der Waals surface area contributed by atoms with Crippen LogP contribution >= 0.6 is 0 Å². The number of morpholine rings is 1. The summed E-state index contributed by atoms with van der Waals surface area (Å²) in [6.45, 7) is 4.19. The van der Waals surface area contributed by atoms with Crippen LogP contribution in [0.5, 0.6) is 0 Å². The van der Waals surface area contributed by atoms with E-state index >= 15 is 4.39 Å². The van der Waals surface area contributed by atoms with Crippen LogP contribution in [-0.2, 0) is 40.1 Å². The summed E-state index contributed by atoms with van der Waals surface area (Å²) < 4.78 is 29.3. The molecule has 3 fully saturated rings. The molecular weight excluding hydrogens is 940 g/mol. The van der Waals surface area contributed by atoms with E-state index in [1.54, 1.807) is 47.6 Å². The molecular formula is C49H57FN10O12. The number of nitrogens with zero attached hydrogens (tertiary/aromatic N) is 5. The van der Waals surface area contributed by atoms with E-state index < -0.39 is 70.9 Å². The Hall–Kier alpha value is -7.87. The number of carboxylic acids is 1. The molecule has 382 valence electrons. The Morgan fingerprint density at radius 3 is 2.35 bits per heavy atom. The summed E-state index contributed by atoms with van der Waals surface area (Å²) in [7, 11) is 0. The first kappa shape index (κ1) is 52.0. The number of aromatic carboxylic acids is 1. The number of amides is 8. The van der Waals surface area contributed by atoms with Gasteiger partial charge in [-0.2, -0.15) is 5.26 Å². The maximum Gasteiger partial charge on any atom is 0.410 e. The maximum absolute atomic E-state index is 16.1. The first-order valence-corrected chi connectivity index (χ1v) is 23.9. The number of hydrogen-bond acceptors (Lipinski definition) is 13. The van der Waals surface area contributed by atoms with Gasteiger partial charge in [0.1, 0.15) is 41.7 Å². The van der Waals surface area contributed by atoms with Gasteiger partial charge < -0.3 is 51.0 Å². The van der Waals surface area contributed by atoms with Gasteiger partial charge in [0.15, 0.2) is 0 Å². The van der Waals surface area contributed by atoms with Crippen molar-refractivity contribution in [1.29, 1.82) is 5.26 Å². The van der Waals surface area contributed by atoms with Gasteiger partial charge in [-0.1, -0.05) is 32.4 Å². The van der Waals surface area contributed by atoms with Crippen LogP contribution < -0.4 is 37.3 Å². The molecule has 4 heterocycles. The van der Waals surface area contributed by atoms with Crippen LogP contribution in [0, 0.1) is 23.1 Å². The van der Waals surface area contributed by atoms with Gasteiger partial charge in [-0.05, 0) is 68.2 Å². The number of pyridine rings is 1. The van der Waals surface area contributed by atoms with Gasteiger partial charge in [0, 0.05) is 69.2 Å². The lowest BCUT2D eigenvalue weighted by Crippen LogP contribution is -2.54. The van der Waals surface area contributed by atoms with Gasteiger partial charge in [0.2, 0.25) is 23.2 Å². The normalized spacial score (nSPS) is 18.1. The van der Waals surface area contributed by atoms with E-state index in [2.05, 4.69) is 27.3 Å². The van der Waals surface area contributed by atoms with Crippen LogP contribution in [0.2, 0.25) is 0 Å². The Morgan fingerprint density at radius 1 is 0.972 bits per heavy atom. The monoisotopic (exact) mass is 996 g/mol. The summed E-state index contributed by atoms with van der Waals surface area (Å²) in [6.07, 6.45) is 5.76. The number of halogens is 1. The predicted molar refractivity (Wildman–Crippen MR) is 256 cm³/mol. The summed E-state index contributed by atoms with van der Waals surface area (Å²) in [4.78, 5) is 118. The molecule has 3 aromatic rings. The smallest absolute Gasteiger partial charge is 0.410 e. The molecule has 3 aliphatic heterocycles. The predicted octanol–water partition coefficient (Wildman–Crippen LogP) is 2.77. The van der Waals surface area contributed by atoms with Crippen LogP contribution in [0.3, 0.4) is 0 Å². The van der Waals surface area contributed by atoms with Crippen LogP contribution in [-0.4, -0.2) is 131 Å². The van der Waals surface area contributed by atoms with Crippen molar-refractivity contribution >= 4 is 69.9 Å². The number of unbranched alkanes of at least 4 members (excludes halogenated alkanes) is 2. The number of carbonyl (C=O) groups is 8. The Bertz CT molecular complexity index is 2750. The zero-order valence-electron chi connectivity index (χ0n) is 39.8. The minimum atomic E-state index is -1.46. The van der Waals surface area contributed by atoms with Crippen molar-refractivity contribution in [3.63, 3.8) is 0 Å². The molecule has 2 aromatic carbocycles. The van der Waals surface area contributed by atoms with Gasteiger partial charge in [0.25, 0.3) is 11.8 Å². The second-order valence-corrected chi connectivity index (χ2v) is 18.5. The number of carboxylic acid groups (broad SMARTS) is 1. The molecule has 1 saturated carbocycles. The largest absolute Gasteiger partial charge is 0.477 e. The molecule has 4 unspecified atom stereocenters. The number of nitrogens with one attached hydrogen (secondary N) is 4. The Balaban J connectivity index is 0.939. The van der Waals surface area contributed by atoms with Crippen LogP contribution in [0.25, 0.3) is 10.9 Å². The molecule has 1 aliphatic carbocycles. The fourth-order valence-electron chi connectivity index (χ4n) is 9.14. The van der Waals surface area contributed by atoms with Crippen molar-refractivity contribution in [2.24, 2.45) is 11.7 Å². The van der Waals surface area contributed by atoms with Crippen molar-refractivity contribution in [2.75, 3.05) is 49.5 Å². The lowest BCUT2D eigenvalue weighted by Gasteiger charge is -2.35. The number of urea groups is 1. The highest BCUT2D eigenvalue weighted by Crippen LogP contribution is 2.41. The lowest BCUT2D eigenvalue weighted by molar-refractivity contribution is -0.137. The number of carbonyl (C=O) groups excluding carboxylic acids is 7. The molecule has 22 nitrogen and oxygen atoms in total. The van der Waals surface area contributed by atoms with E-state index in [0.29, 0.717) is 43.4 Å². The van der Waals surface area contributed by atoms with E-state index in [-0.39, 0.29) is 117 Å². The average Bonchev–Trinajstić information content (AvgIpc) is 4.02. The summed E-state index contributed by atoms with van der Waals surface area (Å²) >= 11 is 0. The first-order chi connectivity index (χ1) is 34.4. The Kier molecular flexibility index (Phi) is 16.5. The highest BCUT2D eigenvalue weighted by Gasteiger charge is 2.45. The second kappa shape index (κ2) is 22.9. The van der Waals surface area contributed by atoms with Crippen molar-refractivity contribution in [1.82, 2.24) is 30.3 Å².